The van der Waals surface area contributed by atoms with Gasteiger partial charge >= 0.3 is 0 Å². The van der Waals surface area contributed by atoms with Crippen LogP contribution < -0.4 is 14.8 Å². The average Bonchev–Trinajstić information content (AvgIpc) is 2.60. The Hall–Kier alpha value is -1.75. The first-order valence-electron chi connectivity index (χ1n) is 8.61. The predicted octanol–water partition coefficient (Wildman–Crippen LogP) is 2.59. The summed E-state index contributed by atoms with van der Waals surface area (Å²) in [6.45, 7) is 8.08. The standard InChI is InChI=1S/C18H28N2O3/c1-3-19-13-15-8-9-16(17(12-15)22-4-2)23-14-18(21)20-10-6-5-7-11-20/h8-9,12,19H,3-7,10-11,13-14H2,1-2H3. The highest BCUT2D eigenvalue weighted by Gasteiger charge is 2.17. The number of rotatable bonds is 8. The molecule has 1 fully saturated rings. The lowest BCUT2D eigenvalue weighted by Crippen LogP contribution is -2.38. The monoisotopic (exact) mass is 320 g/mol. The lowest BCUT2D eigenvalue weighted by atomic mass is 10.1. The second-order valence-electron chi connectivity index (χ2n) is 5.72. The summed E-state index contributed by atoms with van der Waals surface area (Å²) in [6.07, 6.45) is 3.40. The Morgan fingerprint density at radius 2 is 1.91 bits per heavy atom. The number of amides is 1. The number of benzene rings is 1. The quantitative estimate of drug-likeness (QED) is 0.800. The van der Waals surface area contributed by atoms with Gasteiger partial charge in [-0.25, -0.2) is 0 Å². The van der Waals surface area contributed by atoms with Gasteiger partial charge in [0.2, 0.25) is 0 Å². The highest BCUT2D eigenvalue weighted by Crippen LogP contribution is 2.28. The molecule has 0 bridgehead atoms. The lowest BCUT2D eigenvalue weighted by molar-refractivity contribution is -0.134. The summed E-state index contributed by atoms with van der Waals surface area (Å²) in [4.78, 5) is 14.1. The van der Waals surface area contributed by atoms with E-state index in [0.29, 0.717) is 18.1 Å². The van der Waals surface area contributed by atoms with E-state index in [1.54, 1.807) is 0 Å². The van der Waals surface area contributed by atoms with E-state index in [1.807, 2.05) is 30.0 Å². The van der Waals surface area contributed by atoms with Crippen LogP contribution in [0.4, 0.5) is 0 Å². The summed E-state index contributed by atoms with van der Waals surface area (Å²) in [6, 6.07) is 5.87. The van der Waals surface area contributed by atoms with Gasteiger partial charge in [0.15, 0.2) is 18.1 Å². The fraction of sp³-hybridized carbons (Fsp3) is 0.611. The largest absolute Gasteiger partial charge is 0.490 e. The number of carbonyl (C=O) groups is 1. The van der Waals surface area contributed by atoms with Crippen molar-refractivity contribution in [3.63, 3.8) is 0 Å². The van der Waals surface area contributed by atoms with Crippen LogP contribution in [0, 0.1) is 0 Å². The van der Waals surface area contributed by atoms with E-state index in [0.717, 1.165) is 44.6 Å². The molecule has 0 unspecified atom stereocenters. The maximum Gasteiger partial charge on any atom is 0.260 e. The van der Waals surface area contributed by atoms with Gasteiger partial charge < -0.3 is 19.7 Å². The molecule has 1 heterocycles. The summed E-state index contributed by atoms with van der Waals surface area (Å²) < 4.78 is 11.4. The van der Waals surface area contributed by atoms with Crippen molar-refractivity contribution in [3.05, 3.63) is 23.8 Å². The number of hydrogen-bond acceptors (Lipinski definition) is 4. The van der Waals surface area contributed by atoms with Crippen LogP contribution >= 0.6 is 0 Å². The van der Waals surface area contributed by atoms with Crippen molar-refractivity contribution in [1.82, 2.24) is 10.2 Å². The molecule has 1 aromatic carbocycles. The zero-order chi connectivity index (χ0) is 16.5. The Labute approximate surface area is 139 Å². The Morgan fingerprint density at radius 3 is 2.61 bits per heavy atom. The van der Waals surface area contributed by atoms with Crippen LogP contribution in [0.3, 0.4) is 0 Å². The summed E-state index contributed by atoms with van der Waals surface area (Å²) in [5.74, 6) is 1.40. The Bertz CT molecular complexity index is 499. The average molecular weight is 320 g/mol. The van der Waals surface area contributed by atoms with Gasteiger partial charge in [-0.05, 0) is 50.4 Å². The zero-order valence-electron chi connectivity index (χ0n) is 14.3. The van der Waals surface area contributed by atoms with Gasteiger partial charge in [-0.3, -0.25) is 4.79 Å². The highest BCUT2D eigenvalue weighted by molar-refractivity contribution is 5.78. The molecule has 128 valence electrons. The first-order chi connectivity index (χ1) is 11.2. The Morgan fingerprint density at radius 1 is 1.13 bits per heavy atom. The molecule has 2 rings (SSSR count). The van der Waals surface area contributed by atoms with E-state index in [4.69, 9.17) is 9.47 Å². The second-order valence-corrected chi connectivity index (χ2v) is 5.72. The maximum absolute atomic E-state index is 12.2. The van der Waals surface area contributed by atoms with Crippen LogP contribution in [-0.4, -0.2) is 43.7 Å². The maximum atomic E-state index is 12.2. The molecule has 0 atom stereocenters. The number of ether oxygens (including phenoxy) is 2. The number of hydrogen-bond donors (Lipinski definition) is 1. The SMILES string of the molecule is CCNCc1ccc(OCC(=O)N2CCCCC2)c(OCC)c1. The normalized spacial score (nSPS) is 14.6. The van der Waals surface area contributed by atoms with Crippen molar-refractivity contribution in [2.24, 2.45) is 0 Å². The van der Waals surface area contributed by atoms with Crippen molar-refractivity contribution >= 4 is 5.91 Å². The number of nitrogens with one attached hydrogen (secondary N) is 1. The van der Waals surface area contributed by atoms with E-state index in [-0.39, 0.29) is 12.5 Å². The van der Waals surface area contributed by atoms with E-state index < -0.39 is 0 Å². The van der Waals surface area contributed by atoms with Gasteiger partial charge in [0.1, 0.15) is 0 Å². The van der Waals surface area contributed by atoms with Crippen LogP contribution in [-0.2, 0) is 11.3 Å². The minimum Gasteiger partial charge on any atom is -0.490 e. The third-order valence-corrected chi connectivity index (χ3v) is 3.95. The smallest absolute Gasteiger partial charge is 0.260 e. The fourth-order valence-corrected chi connectivity index (χ4v) is 2.69. The number of piperidine rings is 1. The van der Waals surface area contributed by atoms with Gasteiger partial charge in [0.25, 0.3) is 5.91 Å². The summed E-state index contributed by atoms with van der Waals surface area (Å²) in [5, 5.41) is 3.29. The van der Waals surface area contributed by atoms with Crippen molar-refractivity contribution in [2.75, 3.05) is 32.8 Å². The molecule has 1 aromatic rings. The summed E-state index contributed by atoms with van der Waals surface area (Å²) >= 11 is 0. The molecule has 5 nitrogen and oxygen atoms in total. The fourth-order valence-electron chi connectivity index (χ4n) is 2.69. The van der Waals surface area contributed by atoms with E-state index in [1.165, 1.54) is 6.42 Å². The Kier molecular flexibility index (Phi) is 7.20. The first kappa shape index (κ1) is 17.6. The molecule has 1 N–H and O–H groups in total. The molecule has 1 amide bonds. The van der Waals surface area contributed by atoms with Crippen molar-refractivity contribution < 1.29 is 14.3 Å². The van der Waals surface area contributed by atoms with E-state index in [2.05, 4.69) is 12.2 Å². The van der Waals surface area contributed by atoms with Crippen LogP contribution in [0.2, 0.25) is 0 Å². The molecule has 5 heteroatoms. The van der Waals surface area contributed by atoms with Crippen molar-refractivity contribution in [1.29, 1.82) is 0 Å². The Balaban J connectivity index is 1.95. The van der Waals surface area contributed by atoms with Crippen LogP contribution in [0.15, 0.2) is 18.2 Å². The minimum atomic E-state index is 0.0591. The van der Waals surface area contributed by atoms with E-state index >= 15 is 0 Å². The van der Waals surface area contributed by atoms with Crippen molar-refractivity contribution in [2.45, 2.75) is 39.7 Å². The first-order valence-corrected chi connectivity index (χ1v) is 8.61. The third kappa shape index (κ3) is 5.43. The summed E-state index contributed by atoms with van der Waals surface area (Å²) in [7, 11) is 0. The molecule has 0 aromatic heterocycles. The van der Waals surface area contributed by atoms with Crippen LogP contribution in [0.5, 0.6) is 11.5 Å². The highest BCUT2D eigenvalue weighted by atomic mass is 16.5. The van der Waals surface area contributed by atoms with Crippen LogP contribution in [0.25, 0.3) is 0 Å². The molecule has 0 radical (unpaired) electrons. The molecule has 0 saturated carbocycles. The second kappa shape index (κ2) is 9.40. The number of likely N-dealkylation sites (tertiary alicyclic amines) is 1. The van der Waals surface area contributed by atoms with Crippen molar-refractivity contribution in [3.8, 4) is 11.5 Å². The van der Waals surface area contributed by atoms with Gasteiger partial charge in [-0.2, -0.15) is 0 Å². The van der Waals surface area contributed by atoms with Gasteiger partial charge in [0, 0.05) is 19.6 Å². The zero-order valence-corrected chi connectivity index (χ0v) is 14.3. The van der Waals surface area contributed by atoms with Gasteiger partial charge in [-0.15, -0.1) is 0 Å². The van der Waals surface area contributed by atoms with Gasteiger partial charge in [0.05, 0.1) is 6.61 Å². The molecule has 1 saturated heterocycles. The predicted molar refractivity (Wildman–Crippen MR) is 90.9 cm³/mol. The molecule has 1 aliphatic rings. The number of nitrogens with zero attached hydrogens (tertiary/aromatic N) is 1. The molecule has 0 aliphatic carbocycles. The van der Waals surface area contributed by atoms with Gasteiger partial charge in [-0.1, -0.05) is 13.0 Å². The van der Waals surface area contributed by atoms with Crippen LogP contribution in [0.1, 0.15) is 38.7 Å². The molecular weight excluding hydrogens is 292 g/mol. The molecular formula is C18H28N2O3. The lowest BCUT2D eigenvalue weighted by Gasteiger charge is -2.26. The topological polar surface area (TPSA) is 50.8 Å². The number of carbonyl (C=O) groups excluding carboxylic acids is 1. The minimum absolute atomic E-state index is 0.0591. The van der Waals surface area contributed by atoms with E-state index in [9.17, 15) is 4.79 Å². The summed E-state index contributed by atoms with van der Waals surface area (Å²) in [5.41, 5.74) is 1.14. The molecule has 1 aliphatic heterocycles. The molecule has 0 spiro atoms. The molecule has 23 heavy (non-hydrogen) atoms. The third-order valence-electron chi connectivity index (χ3n) is 3.95.